The van der Waals surface area contributed by atoms with E-state index in [1.807, 2.05) is 5.38 Å². The smallest absolute Gasteiger partial charge is 0.175 e. The van der Waals surface area contributed by atoms with Gasteiger partial charge in [-0.3, -0.25) is 0 Å². The average molecular weight is 169 g/mol. The number of nitrogens with zero attached hydrogens (tertiary/aromatic N) is 3. The number of hydrogen-bond acceptors (Lipinski definition) is 5. The third kappa shape index (κ3) is 0.932. The van der Waals surface area contributed by atoms with Gasteiger partial charge in [-0.25, -0.2) is 9.36 Å². The zero-order chi connectivity index (χ0) is 6.81. The van der Waals surface area contributed by atoms with Crippen LogP contribution < -0.4 is 0 Å². The van der Waals surface area contributed by atoms with Crippen LogP contribution >= 0.6 is 23.1 Å². The molecule has 0 aliphatic rings. The summed E-state index contributed by atoms with van der Waals surface area (Å²) in [5.41, 5.74) is 2.72. The maximum absolute atomic E-state index is 4.06. The molecule has 10 heavy (non-hydrogen) atoms. The first kappa shape index (κ1) is 5.94. The lowest BCUT2D eigenvalue weighted by Crippen LogP contribution is -1.73. The minimum atomic E-state index is 0.777. The van der Waals surface area contributed by atoms with Crippen LogP contribution in [0, 0.1) is 0 Å². The van der Waals surface area contributed by atoms with E-state index in [0.29, 0.717) is 0 Å². The Labute approximate surface area is 65.7 Å². The van der Waals surface area contributed by atoms with Gasteiger partial charge in [-0.15, -0.1) is 0 Å². The molecule has 0 radical (unpaired) electrons. The topological polar surface area (TPSA) is 38.7 Å². The van der Waals surface area contributed by atoms with Crippen molar-refractivity contribution in [3.8, 4) is 11.4 Å². The van der Waals surface area contributed by atoms with Gasteiger partial charge < -0.3 is 0 Å². The zero-order valence-corrected chi connectivity index (χ0v) is 6.52. The van der Waals surface area contributed by atoms with Gasteiger partial charge >= 0.3 is 0 Å². The highest BCUT2D eigenvalue weighted by Crippen LogP contribution is 2.15. The molecule has 0 aromatic carbocycles. The molecule has 0 saturated heterocycles. The molecule has 2 aromatic rings. The molecule has 0 unspecified atom stereocenters. The molecule has 2 aromatic heterocycles. The van der Waals surface area contributed by atoms with Gasteiger partial charge in [-0.1, -0.05) is 0 Å². The Morgan fingerprint density at radius 1 is 1.30 bits per heavy atom. The molecule has 0 saturated carbocycles. The molecule has 0 aliphatic heterocycles. The van der Waals surface area contributed by atoms with Gasteiger partial charge in [0.25, 0.3) is 0 Å². The van der Waals surface area contributed by atoms with Gasteiger partial charge in [0.05, 0.1) is 11.8 Å². The molecule has 5 heteroatoms. The van der Waals surface area contributed by atoms with Crippen LogP contribution in [0.15, 0.2) is 17.1 Å². The maximum atomic E-state index is 4.06. The van der Waals surface area contributed by atoms with E-state index in [0.717, 1.165) is 11.4 Å². The minimum Gasteiger partial charge on any atom is -0.223 e. The molecular weight excluding hydrogens is 166 g/mol. The zero-order valence-electron chi connectivity index (χ0n) is 4.89. The molecule has 3 nitrogen and oxygen atoms in total. The molecule has 0 fully saturated rings. The summed E-state index contributed by atoms with van der Waals surface area (Å²) < 4.78 is 8.00. The Bertz CT molecular complexity index is 254. The second kappa shape index (κ2) is 2.43. The van der Waals surface area contributed by atoms with Crippen molar-refractivity contribution in [2.75, 3.05) is 0 Å². The van der Waals surface area contributed by atoms with Crippen molar-refractivity contribution in [2.24, 2.45) is 0 Å². The second-order valence-electron chi connectivity index (χ2n) is 1.67. The predicted octanol–water partition coefficient (Wildman–Crippen LogP) is 1.66. The Hall–Kier alpha value is -0.810. The maximum Gasteiger partial charge on any atom is 0.175 e. The van der Waals surface area contributed by atoms with Crippen LogP contribution in [0.1, 0.15) is 0 Å². The third-order valence-corrected chi connectivity index (χ3v) is 2.12. The summed E-state index contributed by atoms with van der Waals surface area (Å²) in [6.45, 7) is 0. The molecule has 0 bridgehead atoms. The third-order valence-electron chi connectivity index (χ3n) is 1.05. The van der Waals surface area contributed by atoms with Crippen molar-refractivity contribution in [3.63, 3.8) is 0 Å². The summed E-state index contributed by atoms with van der Waals surface area (Å²) >= 11 is 2.77. The monoisotopic (exact) mass is 169 g/mol. The van der Waals surface area contributed by atoms with Gasteiger partial charge in [-0.2, -0.15) is 4.37 Å². The summed E-state index contributed by atoms with van der Waals surface area (Å²) in [6, 6.07) is 0. The quantitative estimate of drug-likeness (QED) is 0.651. The molecule has 0 amide bonds. The van der Waals surface area contributed by atoms with E-state index in [1.165, 1.54) is 23.1 Å². The fraction of sp³-hybridized carbons (Fsp3) is 0. The van der Waals surface area contributed by atoms with Gasteiger partial charge in [0, 0.05) is 5.38 Å². The van der Waals surface area contributed by atoms with Crippen molar-refractivity contribution >= 4 is 23.1 Å². The van der Waals surface area contributed by atoms with Crippen LogP contribution in [0.5, 0.6) is 0 Å². The van der Waals surface area contributed by atoms with Gasteiger partial charge in [0.15, 0.2) is 5.82 Å². The number of rotatable bonds is 1. The van der Waals surface area contributed by atoms with Gasteiger partial charge in [0.2, 0.25) is 0 Å². The average Bonchev–Trinajstić information content (AvgIpc) is 2.59. The highest BCUT2D eigenvalue weighted by molar-refractivity contribution is 7.04. The van der Waals surface area contributed by atoms with E-state index in [1.54, 1.807) is 11.7 Å². The highest BCUT2D eigenvalue weighted by Gasteiger charge is 2.00. The standard InChI is InChI=1S/C5H3N3S2/c1-4(2-9-7-1)5-6-3-10-8-5/h1-3H. The van der Waals surface area contributed by atoms with Gasteiger partial charge in [0.1, 0.15) is 5.51 Å². The Balaban J connectivity index is 2.48. The van der Waals surface area contributed by atoms with Gasteiger partial charge in [-0.05, 0) is 23.1 Å². The Morgan fingerprint density at radius 2 is 2.30 bits per heavy atom. The summed E-state index contributed by atoms with van der Waals surface area (Å²) in [4.78, 5) is 4.03. The SMILES string of the molecule is c1nc(-c2cnsc2)ns1. The van der Waals surface area contributed by atoms with Crippen LogP contribution in [-0.4, -0.2) is 13.7 Å². The summed E-state index contributed by atoms with van der Waals surface area (Å²) in [5, 5.41) is 1.93. The fourth-order valence-corrected chi connectivity index (χ4v) is 1.57. The minimum absolute atomic E-state index is 0.777. The molecular formula is C5H3N3S2. The van der Waals surface area contributed by atoms with Crippen LogP contribution in [0.25, 0.3) is 11.4 Å². The molecule has 0 aliphatic carbocycles. The van der Waals surface area contributed by atoms with Crippen molar-refractivity contribution < 1.29 is 0 Å². The van der Waals surface area contributed by atoms with E-state index in [-0.39, 0.29) is 0 Å². The number of hydrogen-bond donors (Lipinski definition) is 0. The molecule has 50 valence electrons. The lowest BCUT2D eigenvalue weighted by atomic mass is 10.4. The van der Waals surface area contributed by atoms with Crippen LogP contribution in [0.3, 0.4) is 0 Å². The molecule has 2 heterocycles. The Morgan fingerprint density at radius 3 is 2.90 bits per heavy atom. The lowest BCUT2D eigenvalue weighted by molar-refractivity contribution is 1.33. The fourth-order valence-electron chi connectivity index (χ4n) is 0.613. The first-order valence-corrected chi connectivity index (χ1v) is 4.30. The second-order valence-corrected chi connectivity index (χ2v) is 2.93. The van der Waals surface area contributed by atoms with E-state index in [4.69, 9.17) is 0 Å². The van der Waals surface area contributed by atoms with Crippen molar-refractivity contribution in [3.05, 3.63) is 17.1 Å². The summed E-state index contributed by atoms with van der Waals surface area (Å²) in [6.07, 6.45) is 1.77. The van der Waals surface area contributed by atoms with E-state index >= 15 is 0 Å². The normalized spacial score (nSPS) is 10.0. The van der Waals surface area contributed by atoms with E-state index < -0.39 is 0 Å². The van der Waals surface area contributed by atoms with Crippen molar-refractivity contribution in [1.82, 2.24) is 13.7 Å². The summed E-state index contributed by atoms with van der Waals surface area (Å²) in [7, 11) is 0. The molecule has 2 rings (SSSR count). The molecule has 0 spiro atoms. The van der Waals surface area contributed by atoms with Crippen molar-refractivity contribution in [2.45, 2.75) is 0 Å². The first-order chi connectivity index (χ1) is 4.97. The van der Waals surface area contributed by atoms with Crippen molar-refractivity contribution in [1.29, 1.82) is 0 Å². The Kier molecular flexibility index (Phi) is 1.44. The van der Waals surface area contributed by atoms with Crippen LogP contribution in [0.4, 0.5) is 0 Å². The predicted molar refractivity (Wildman–Crippen MR) is 41.0 cm³/mol. The van der Waals surface area contributed by atoms with Crippen LogP contribution in [-0.2, 0) is 0 Å². The summed E-state index contributed by atoms with van der Waals surface area (Å²) in [5.74, 6) is 0.777. The van der Waals surface area contributed by atoms with E-state index in [9.17, 15) is 0 Å². The highest BCUT2D eigenvalue weighted by atomic mass is 32.1. The largest absolute Gasteiger partial charge is 0.223 e. The number of aromatic nitrogens is 3. The molecule has 0 atom stereocenters. The van der Waals surface area contributed by atoms with E-state index in [2.05, 4.69) is 13.7 Å². The van der Waals surface area contributed by atoms with Crippen LogP contribution in [0.2, 0.25) is 0 Å². The molecule has 0 N–H and O–H groups in total. The lowest BCUT2D eigenvalue weighted by Gasteiger charge is -1.80. The first-order valence-electron chi connectivity index (χ1n) is 2.63.